The molecule has 2 amide bonds. The normalized spacial score (nSPS) is 10.2. The molecule has 0 aliphatic heterocycles. The first-order chi connectivity index (χ1) is 9.43. The SMILES string of the molecule is COc1ccc(N)cc1C(=O)NCCC(=O)NC(C)C. The Morgan fingerprint density at radius 2 is 2.05 bits per heavy atom. The minimum atomic E-state index is -0.313. The monoisotopic (exact) mass is 279 g/mol. The lowest BCUT2D eigenvalue weighted by Gasteiger charge is -2.11. The van der Waals surface area contributed by atoms with Crippen molar-refractivity contribution in [1.29, 1.82) is 0 Å². The average Bonchev–Trinajstić information content (AvgIpc) is 2.37. The van der Waals surface area contributed by atoms with Gasteiger partial charge in [0.2, 0.25) is 5.91 Å². The van der Waals surface area contributed by atoms with E-state index in [1.165, 1.54) is 7.11 Å². The van der Waals surface area contributed by atoms with Crippen LogP contribution in [0.2, 0.25) is 0 Å². The second-order valence-corrected chi connectivity index (χ2v) is 4.69. The summed E-state index contributed by atoms with van der Waals surface area (Å²) < 4.78 is 5.11. The van der Waals surface area contributed by atoms with E-state index in [9.17, 15) is 9.59 Å². The first-order valence-corrected chi connectivity index (χ1v) is 6.45. The van der Waals surface area contributed by atoms with Gasteiger partial charge in [0.05, 0.1) is 12.7 Å². The van der Waals surface area contributed by atoms with Gasteiger partial charge in [0.25, 0.3) is 5.91 Å². The minimum Gasteiger partial charge on any atom is -0.496 e. The number of nitrogen functional groups attached to an aromatic ring is 1. The zero-order valence-electron chi connectivity index (χ0n) is 12.0. The Bertz CT molecular complexity index is 487. The maximum Gasteiger partial charge on any atom is 0.255 e. The van der Waals surface area contributed by atoms with Crippen LogP contribution in [0.1, 0.15) is 30.6 Å². The van der Waals surface area contributed by atoms with Crippen molar-refractivity contribution in [3.05, 3.63) is 23.8 Å². The van der Waals surface area contributed by atoms with Gasteiger partial charge in [-0.15, -0.1) is 0 Å². The summed E-state index contributed by atoms with van der Waals surface area (Å²) in [5.74, 6) is 0.0367. The summed E-state index contributed by atoms with van der Waals surface area (Å²) in [6.45, 7) is 4.03. The van der Waals surface area contributed by atoms with Gasteiger partial charge in [0.15, 0.2) is 0 Å². The largest absolute Gasteiger partial charge is 0.496 e. The number of nitrogens with two attached hydrogens (primary N) is 1. The summed E-state index contributed by atoms with van der Waals surface area (Å²) in [4.78, 5) is 23.4. The minimum absolute atomic E-state index is 0.0900. The molecule has 0 aliphatic carbocycles. The zero-order chi connectivity index (χ0) is 15.1. The lowest BCUT2D eigenvalue weighted by atomic mass is 10.1. The highest BCUT2D eigenvalue weighted by molar-refractivity contribution is 5.98. The number of ether oxygens (including phenoxy) is 1. The molecule has 0 atom stereocenters. The Labute approximate surface area is 118 Å². The number of amides is 2. The molecule has 0 aliphatic rings. The van der Waals surface area contributed by atoms with Crippen molar-refractivity contribution in [2.75, 3.05) is 19.4 Å². The molecule has 6 heteroatoms. The highest BCUT2D eigenvalue weighted by Crippen LogP contribution is 2.20. The number of rotatable bonds is 6. The van der Waals surface area contributed by atoms with E-state index in [0.717, 1.165) is 0 Å². The van der Waals surface area contributed by atoms with Gasteiger partial charge in [0, 0.05) is 24.7 Å². The molecule has 6 nitrogen and oxygen atoms in total. The van der Waals surface area contributed by atoms with Crippen LogP contribution in [0.3, 0.4) is 0 Å². The molecule has 1 rings (SSSR count). The van der Waals surface area contributed by atoms with Crippen molar-refractivity contribution in [3.8, 4) is 5.75 Å². The van der Waals surface area contributed by atoms with Crippen LogP contribution in [0.15, 0.2) is 18.2 Å². The van der Waals surface area contributed by atoms with Crippen LogP contribution in [0, 0.1) is 0 Å². The van der Waals surface area contributed by atoms with Crippen LogP contribution in [-0.2, 0) is 4.79 Å². The molecule has 0 bridgehead atoms. The van der Waals surface area contributed by atoms with Crippen LogP contribution in [0.4, 0.5) is 5.69 Å². The summed E-state index contributed by atoms with van der Waals surface area (Å²) in [7, 11) is 1.48. The predicted molar refractivity (Wildman–Crippen MR) is 77.6 cm³/mol. The Morgan fingerprint density at radius 1 is 1.35 bits per heavy atom. The van der Waals surface area contributed by atoms with Crippen molar-refractivity contribution < 1.29 is 14.3 Å². The van der Waals surface area contributed by atoms with Crippen molar-refractivity contribution in [1.82, 2.24) is 10.6 Å². The number of methoxy groups -OCH3 is 1. The topological polar surface area (TPSA) is 93.4 Å². The van der Waals surface area contributed by atoms with E-state index in [2.05, 4.69) is 10.6 Å². The standard InChI is InChI=1S/C14H21N3O3/c1-9(2)17-13(18)6-7-16-14(19)11-8-10(15)4-5-12(11)20-3/h4-5,8-9H,6-7,15H2,1-3H3,(H,16,19)(H,17,18). The molecule has 0 unspecified atom stereocenters. The Morgan fingerprint density at radius 3 is 2.65 bits per heavy atom. The molecule has 0 fully saturated rings. The van der Waals surface area contributed by atoms with Crippen LogP contribution in [0.5, 0.6) is 5.75 Å². The van der Waals surface area contributed by atoms with Crippen LogP contribution >= 0.6 is 0 Å². The number of benzene rings is 1. The molecular weight excluding hydrogens is 258 g/mol. The molecule has 0 radical (unpaired) electrons. The second kappa shape index (κ2) is 7.37. The van der Waals surface area contributed by atoms with E-state index in [-0.39, 0.29) is 30.8 Å². The summed E-state index contributed by atoms with van der Waals surface area (Å²) in [5, 5.41) is 5.42. The van der Waals surface area contributed by atoms with E-state index in [1.54, 1.807) is 18.2 Å². The van der Waals surface area contributed by atoms with E-state index < -0.39 is 0 Å². The van der Waals surface area contributed by atoms with Crippen LogP contribution in [-0.4, -0.2) is 31.5 Å². The number of anilines is 1. The van der Waals surface area contributed by atoms with E-state index in [1.807, 2.05) is 13.8 Å². The summed E-state index contributed by atoms with van der Waals surface area (Å²) in [6, 6.07) is 4.93. The Balaban J connectivity index is 2.55. The summed E-state index contributed by atoms with van der Waals surface area (Å²) >= 11 is 0. The number of carbonyl (C=O) groups excluding carboxylic acids is 2. The fourth-order valence-corrected chi connectivity index (χ4v) is 1.68. The highest BCUT2D eigenvalue weighted by atomic mass is 16.5. The summed E-state index contributed by atoms with van der Waals surface area (Å²) in [5.41, 5.74) is 6.49. The maximum atomic E-state index is 12.0. The van der Waals surface area contributed by atoms with Gasteiger partial charge in [-0.05, 0) is 32.0 Å². The molecule has 1 aromatic rings. The first kappa shape index (κ1) is 15.8. The highest BCUT2D eigenvalue weighted by Gasteiger charge is 2.12. The van der Waals surface area contributed by atoms with Crippen LogP contribution < -0.4 is 21.1 Å². The molecule has 0 aromatic heterocycles. The van der Waals surface area contributed by atoms with Crippen LogP contribution in [0.25, 0.3) is 0 Å². The fraction of sp³-hybridized carbons (Fsp3) is 0.429. The van der Waals surface area contributed by atoms with Gasteiger partial charge >= 0.3 is 0 Å². The first-order valence-electron chi connectivity index (χ1n) is 6.45. The van der Waals surface area contributed by atoms with E-state index in [0.29, 0.717) is 17.0 Å². The third kappa shape index (κ3) is 4.79. The summed E-state index contributed by atoms with van der Waals surface area (Å²) in [6.07, 6.45) is 0.231. The van der Waals surface area contributed by atoms with Gasteiger partial charge in [-0.1, -0.05) is 0 Å². The molecule has 0 saturated heterocycles. The fourth-order valence-electron chi connectivity index (χ4n) is 1.68. The van der Waals surface area contributed by atoms with Crippen molar-refractivity contribution in [2.24, 2.45) is 0 Å². The van der Waals surface area contributed by atoms with Gasteiger partial charge in [0.1, 0.15) is 5.75 Å². The predicted octanol–water partition coefficient (Wildman–Crippen LogP) is 0.922. The number of hydrogen-bond donors (Lipinski definition) is 3. The van der Waals surface area contributed by atoms with Gasteiger partial charge in [-0.2, -0.15) is 0 Å². The lowest BCUT2D eigenvalue weighted by Crippen LogP contribution is -2.34. The van der Waals surface area contributed by atoms with Crippen molar-refractivity contribution in [2.45, 2.75) is 26.3 Å². The Hall–Kier alpha value is -2.24. The number of carbonyl (C=O) groups is 2. The van der Waals surface area contributed by atoms with E-state index >= 15 is 0 Å². The van der Waals surface area contributed by atoms with E-state index in [4.69, 9.17) is 10.5 Å². The molecule has 0 heterocycles. The molecule has 4 N–H and O–H groups in total. The second-order valence-electron chi connectivity index (χ2n) is 4.69. The number of nitrogens with one attached hydrogen (secondary N) is 2. The van der Waals surface area contributed by atoms with Crippen molar-refractivity contribution >= 4 is 17.5 Å². The average molecular weight is 279 g/mol. The molecular formula is C14H21N3O3. The van der Waals surface area contributed by atoms with Gasteiger partial charge in [-0.3, -0.25) is 9.59 Å². The third-order valence-corrected chi connectivity index (χ3v) is 2.56. The Kier molecular flexibility index (Phi) is 5.83. The third-order valence-electron chi connectivity index (χ3n) is 2.56. The van der Waals surface area contributed by atoms with Gasteiger partial charge in [-0.25, -0.2) is 0 Å². The lowest BCUT2D eigenvalue weighted by molar-refractivity contribution is -0.121. The maximum absolute atomic E-state index is 12.0. The quantitative estimate of drug-likeness (QED) is 0.675. The molecule has 110 valence electrons. The van der Waals surface area contributed by atoms with Gasteiger partial charge < -0.3 is 21.1 Å². The van der Waals surface area contributed by atoms with Crippen molar-refractivity contribution in [3.63, 3.8) is 0 Å². The molecule has 1 aromatic carbocycles. The molecule has 0 spiro atoms. The smallest absolute Gasteiger partial charge is 0.255 e. The molecule has 20 heavy (non-hydrogen) atoms. The molecule has 0 saturated carbocycles. The zero-order valence-corrected chi connectivity index (χ0v) is 12.0. The number of hydrogen-bond acceptors (Lipinski definition) is 4.